The van der Waals surface area contributed by atoms with Crippen LogP contribution >= 0.6 is 22.6 Å². The lowest BCUT2D eigenvalue weighted by molar-refractivity contribution is 0.0103. The van der Waals surface area contributed by atoms with E-state index in [1.165, 1.54) is 25.9 Å². The van der Waals surface area contributed by atoms with Gasteiger partial charge in [0.15, 0.2) is 0 Å². The van der Waals surface area contributed by atoms with E-state index in [1.807, 2.05) is 0 Å². The van der Waals surface area contributed by atoms with E-state index in [2.05, 4.69) is 46.6 Å². The second kappa shape index (κ2) is 2.73. The average molecular weight is 263 g/mol. The Hall–Kier alpha value is 0.430. The van der Waals surface area contributed by atoms with Crippen molar-refractivity contribution >= 4 is 22.6 Å². The first-order valence-corrected chi connectivity index (χ1v) is 5.50. The van der Waals surface area contributed by atoms with Crippen molar-refractivity contribution in [1.82, 2.24) is 4.90 Å². The molecule has 2 aliphatic rings. The third kappa shape index (κ3) is 1.35. The van der Waals surface area contributed by atoms with E-state index >= 15 is 0 Å². The summed E-state index contributed by atoms with van der Waals surface area (Å²) in [5.74, 6) is 0. The Morgan fingerprint density at radius 3 is 2.36 bits per heavy atom. The molecule has 0 N–H and O–H groups in total. The molecule has 1 aliphatic carbocycles. The number of allylic oxidation sites excluding steroid dienone is 2. The number of alkyl halides is 1. The topological polar surface area (TPSA) is 3.24 Å². The Kier molecular flexibility index (Phi) is 2.00. The molecule has 0 aromatic heterocycles. The zero-order valence-electron chi connectivity index (χ0n) is 6.89. The smallest absolute Gasteiger partial charge is 0.0590 e. The van der Waals surface area contributed by atoms with Crippen LogP contribution in [0.15, 0.2) is 12.2 Å². The van der Waals surface area contributed by atoms with Crippen molar-refractivity contribution in [3.8, 4) is 0 Å². The Balaban J connectivity index is 1.87. The van der Waals surface area contributed by atoms with Gasteiger partial charge in [-0.05, 0) is 19.8 Å². The molecule has 2 rings (SSSR count). The van der Waals surface area contributed by atoms with Crippen molar-refractivity contribution in [3.05, 3.63) is 12.2 Å². The highest BCUT2D eigenvalue weighted by Crippen LogP contribution is 2.43. The molecule has 0 bridgehead atoms. The fourth-order valence-electron chi connectivity index (χ4n) is 2.08. The van der Waals surface area contributed by atoms with E-state index < -0.39 is 0 Å². The minimum atomic E-state index is 0.680. The molecule has 1 heterocycles. The zero-order chi connectivity index (χ0) is 7.90. The number of likely N-dealkylation sites (tertiary alicyclic amines) is 1. The second-order valence-corrected chi connectivity index (χ2v) is 5.66. The van der Waals surface area contributed by atoms with Gasteiger partial charge in [-0.1, -0.05) is 34.7 Å². The SMILES string of the molecule is CC(I)N1CC2(CC=CC2)C1. The Bertz CT molecular complexity index is 170. The largest absolute Gasteiger partial charge is 0.291 e. The molecule has 0 saturated carbocycles. The van der Waals surface area contributed by atoms with Crippen LogP contribution in [0.25, 0.3) is 0 Å². The van der Waals surface area contributed by atoms with Gasteiger partial charge in [-0.15, -0.1) is 0 Å². The quantitative estimate of drug-likeness (QED) is 0.304. The van der Waals surface area contributed by atoms with Gasteiger partial charge >= 0.3 is 0 Å². The van der Waals surface area contributed by atoms with Crippen molar-refractivity contribution in [3.63, 3.8) is 0 Å². The maximum atomic E-state index is 2.55. The minimum absolute atomic E-state index is 0.680. The van der Waals surface area contributed by atoms with Crippen molar-refractivity contribution in [2.45, 2.75) is 23.8 Å². The first-order chi connectivity index (χ1) is 5.22. The Morgan fingerprint density at radius 1 is 1.36 bits per heavy atom. The number of hydrogen-bond donors (Lipinski definition) is 0. The molecular formula is C9H14IN. The van der Waals surface area contributed by atoms with Gasteiger partial charge in [-0.3, -0.25) is 4.90 Å². The van der Waals surface area contributed by atoms with Crippen molar-refractivity contribution in [1.29, 1.82) is 0 Å². The first-order valence-electron chi connectivity index (χ1n) is 4.25. The van der Waals surface area contributed by atoms with E-state index in [9.17, 15) is 0 Å². The zero-order valence-corrected chi connectivity index (χ0v) is 9.04. The standard InChI is InChI=1S/C9H14IN/c1-8(10)11-6-9(7-11)4-2-3-5-9/h2-3,8H,4-7H2,1H3. The molecule has 11 heavy (non-hydrogen) atoms. The van der Waals surface area contributed by atoms with Crippen LogP contribution in [0, 0.1) is 5.41 Å². The van der Waals surface area contributed by atoms with E-state index in [-0.39, 0.29) is 0 Å². The summed E-state index contributed by atoms with van der Waals surface area (Å²) in [5, 5.41) is 0. The monoisotopic (exact) mass is 263 g/mol. The third-order valence-electron chi connectivity index (χ3n) is 2.85. The molecule has 62 valence electrons. The predicted octanol–water partition coefficient (Wildman–Crippen LogP) is 2.42. The summed E-state index contributed by atoms with van der Waals surface area (Å²) in [4.78, 5) is 2.55. The summed E-state index contributed by atoms with van der Waals surface area (Å²) in [6, 6.07) is 0. The van der Waals surface area contributed by atoms with Crippen LogP contribution in [0.4, 0.5) is 0 Å². The van der Waals surface area contributed by atoms with Crippen LogP contribution in [0.3, 0.4) is 0 Å². The van der Waals surface area contributed by atoms with Gasteiger partial charge in [0.1, 0.15) is 0 Å². The highest BCUT2D eigenvalue weighted by molar-refractivity contribution is 14.1. The normalized spacial score (nSPS) is 30.7. The summed E-state index contributed by atoms with van der Waals surface area (Å²) in [6.07, 6.45) is 7.34. The van der Waals surface area contributed by atoms with Gasteiger partial charge in [0, 0.05) is 18.5 Å². The average Bonchev–Trinajstić information content (AvgIpc) is 2.29. The molecule has 0 amide bonds. The molecule has 0 radical (unpaired) electrons. The summed E-state index contributed by atoms with van der Waals surface area (Å²) < 4.78 is 0.721. The lowest BCUT2D eigenvalue weighted by Crippen LogP contribution is -2.56. The summed E-state index contributed by atoms with van der Waals surface area (Å²) in [7, 11) is 0. The number of halogens is 1. The molecule has 1 saturated heterocycles. The molecule has 1 spiro atoms. The highest BCUT2D eigenvalue weighted by atomic mass is 127. The molecule has 1 nitrogen and oxygen atoms in total. The van der Waals surface area contributed by atoms with Crippen LogP contribution in [-0.4, -0.2) is 22.0 Å². The van der Waals surface area contributed by atoms with E-state index in [0.717, 1.165) is 4.05 Å². The maximum absolute atomic E-state index is 2.55. The lowest BCUT2D eigenvalue weighted by atomic mass is 9.78. The van der Waals surface area contributed by atoms with Gasteiger partial charge in [0.25, 0.3) is 0 Å². The molecule has 0 aromatic rings. The van der Waals surface area contributed by atoms with Crippen LogP contribution in [-0.2, 0) is 0 Å². The molecule has 1 fully saturated rings. The van der Waals surface area contributed by atoms with Gasteiger partial charge in [-0.25, -0.2) is 0 Å². The predicted molar refractivity (Wildman–Crippen MR) is 55.9 cm³/mol. The minimum Gasteiger partial charge on any atom is -0.291 e. The molecule has 2 heteroatoms. The van der Waals surface area contributed by atoms with Crippen LogP contribution in [0.5, 0.6) is 0 Å². The number of rotatable bonds is 1. The summed E-state index contributed by atoms with van der Waals surface area (Å²) in [5.41, 5.74) is 0.680. The highest BCUT2D eigenvalue weighted by Gasteiger charge is 2.43. The number of hydrogen-bond acceptors (Lipinski definition) is 1. The van der Waals surface area contributed by atoms with E-state index in [1.54, 1.807) is 0 Å². The summed E-state index contributed by atoms with van der Waals surface area (Å²) >= 11 is 2.49. The fraction of sp³-hybridized carbons (Fsp3) is 0.778. The van der Waals surface area contributed by atoms with Gasteiger partial charge < -0.3 is 0 Å². The van der Waals surface area contributed by atoms with Crippen molar-refractivity contribution in [2.75, 3.05) is 13.1 Å². The Labute approximate surface area is 82.0 Å². The van der Waals surface area contributed by atoms with Crippen molar-refractivity contribution < 1.29 is 0 Å². The number of nitrogens with zero attached hydrogens (tertiary/aromatic N) is 1. The third-order valence-corrected chi connectivity index (χ3v) is 3.64. The van der Waals surface area contributed by atoms with Crippen molar-refractivity contribution in [2.24, 2.45) is 5.41 Å². The fourth-order valence-corrected chi connectivity index (χ4v) is 2.47. The molecule has 1 aliphatic heterocycles. The molecule has 0 aromatic carbocycles. The molecule has 1 unspecified atom stereocenters. The van der Waals surface area contributed by atoms with Crippen LogP contribution in [0.1, 0.15) is 19.8 Å². The van der Waals surface area contributed by atoms with Gasteiger partial charge in [0.2, 0.25) is 0 Å². The summed E-state index contributed by atoms with van der Waals surface area (Å²) in [6.45, 7) is 4.92. The van der Waals surface area contributed by atoms with E-state index in [0.29, 0.717) is 5.41 Å². The maximum Gasteiger partial charge on any atom is 0.0590 e. The first kappa shape index (κ1) is 8.05. The lowest BCUT2D eigenvalue weighted by Gasteiger charge is -2.49. The van der Waals surface area contributed by atoms with Gasteiger partial charge in [-0.2, -0.15) is 0 Å². The molecular weight excluding hydrogens is 249 g/mol. The van der Waals surface area contributed by atoms with Crippen LogP contribution < -0.4 is 0 Å². The molecule has 1 atom stereocenters. The van der Waals surface area contributed by atoms with Crippen LogP contribution in [0.2, 0.25) is 0 Å². The van der Waals surface area contributed by atoms with Gasteiger partial charge in [0.05, 0.1) is 4.05 Å². The van der Waals surface area contributed by atoms with E-state index in [4.69, 9.17) is 0 Å². The Morgan fingerprint density at radius 2 is 1.91 bits per heavy atom. The second-order valence-electron chi connectivity index (χ2n) is 3.86.